The van der Waals surface area contributed by atoms with E-state index in [1.807, 2.05) is 10.8 Å². The van der Waals surface area contributed by atoms with Crippen molar-refractivity contribution in [2.24, 2.45) is 5.73 Å². The van der Waals surface area contributed by atoms with E-state index in [-0.39, 0.29) is 6.04 Å². The second kappa shape index (κ2) is 4.03. The summed E-state index contributed by atoms with van der Waals surface area (Å²) in [6, 6.07) is 0.237. The Morgan fingerprint density at radius 3 is 2.94 bits per heavy atom. The van der Waals surface area contributed by atoms with Crippen molar-refractivity contribution in [3.63, 3.8) is 0 Å². The average Bonchev–Trinajstić information content (AvgIpc) is 2.71. The quantitative estimate of drug-likeness (QED) is 0.805. The molecule has 0 saturated heterocycles. The van der Waals surface area contributed by atoms with Crippen LogP contribution >= 0.6 is 0 Å². The van der Waals surface area contributed by atoms with Crippen molar-refractivity contribution in [3.8, 4) is 0 Å². The highest BCUT2D eigenvalue weighted by Crippen LogP contribution is 2.27. The maximum atomic E-state index is 9.82. The highest BCUT2D eigenvalue weighted by Gasteiger charge is 2.20. The van der Waals surface area contributed by atoms with Gasteiger partial charge < -0.3 is 15.4 Å². The predicted octanol–water partition coefficient (Wildman–Crippen LogP) is 1.16. The van der Waals surface area contributed by atoms with Crippen molar-refractivity contribution in [1.82, 2.24) is 9.55 Å². The molecule has 0 bridgehead atoms. The summed E-state index contributed by atoms with van der Waals surface area (Å²) in [7, 11) is 0. The monoisotopic (exact) mass is 221 g/mol. The summed E-state index contributed by atoms with van der Waals surface area (Å²) < 4.78 is 1.99. The zero-order chi connectivity index (χ0) is 11.8. The molecule has 0 aromatic carbocycles. The smallest absolute Gasteiger partial charge is 0.0951 e. The zero-order valence-corrected chi connectivity index (χ0v) is 9.85. The number of hydrogen-bond acceptors (Lipinski definition) is 3. The Kier molecular flexibility index (Phi) is 2.86. The van der Waals surface area contributed by atoms with Gasteiger partial charge in [-0.2, -0.15) is 0 Å². The Morgan fingerprint density at radius 1 is 1.62 bits per heavy atom. The maximum Gasteiger partial charge on any atom is 0.0951 e. The van der Waals surface area contributed by atoms with E-state index in [1.54, 1.807) is 20.2 Å². The normalized spacial score (nSPS) is 21.2. The summed E-state index contributed by atoms with van der Waals surface area (Å²) in [6.07, 6.45) is 7.61. The first-order chi connectivity index (χ1) is 7.46. The van der Waals surface area contributed by atoms with Gasteiger partial charge in [0.2, 0.25) is 0 Å². The molecule has 1 aliphatic rings. The number of aliphatic hydroxyl groups is 1. The lowest BCUT2D eigenvalue weighted by atomic mass is 10.1. The third-order valence-corrected chi connectivity index (χ3v) is 2.75. The molecule has 0 aliphatic heterocycles. The molecule has 0 spiro atoms. The van der Waals surface area contributed by atoms with Crippen LogP contribution in [-0.2, 0) is 6.54 Å². The van der Waals surface area contributed by atoms with Gasteiger partial charge in [-0.1, -0.05) is 6.08 Å². The van der Waals surface area contributed by atoms with Crippen LogP contribution in [0.5, 0.6) is 0 Å². The third-order valence-electron chi connectivity index (χ3n) is 2.75. The summed E-state index contributed by atoms with van der Waals surface area (Å²) in [5.41, 5.74) is 7.48. The lowest BCUT2D eigenvalue weighted by Crippen LogP contribution is -2.26. The van der Waals surface area contributed by atoms with Crippen molar-refractivity contribution in [3.05, 3.63) is 24.3 Å². The summed E-state index contributed by atoms with van der Waals surface area (Å²) in [5.74, 6) is 0. The molecule has 88 valence electrons. The molecular weight excluding hydrogens is 202 g/mol. The molecule has 4 heteroatoms. The molecule has 1 atom stereocenters. The van der Waals surface area contributed by atoms with Crippen molar-refractivity contribution >= 4 is 5.57 Å². The highest BCUT2D eigenvalue weighted by molar-refractivity contribution is 5.65. The van der Waals surface area contributed by atoms with Crippen LogP contribution in [0.4, 0.5) is 0 Å². The average molecular weight is 221 g/mol. The third kappa shape index (κ3) is 2.51. The molecule has 16 heavy (non-hydrogen) atoms. The van der Waals surface area contributed by atoms with Gasteiger partial charge in [-0.3, -0.25) is 0 Å². The zero-order valence-electron chi connectivity index (χ0n) is 9.85. The summed E-state index contributed by atoms with van der Waals surface area (Å²) in [4.78, 5) is 4.15. The number of imidazole rings is 1. The second-order valence-electron chi connectivity index (χ2n) is 5.15. The topological polar surface area (TPSA) is 64.1 Å². The fourth-order valence-electron chi connectivity index (χ4n) is 2.08. The van der Waals surface area contributed by atoms with E-state index in [4.69, 9.17) is 5.73 Å². The molecule has 0 saturated carbocycles. The first-order valence-corrected chi connectivity index (χ1v) is 5.63. The van der Waals surface area contributed by atoms with Crippen LogP contribution in [0.1, 0.15) is 32.4 Å². The van der Waals surface area contributed by atoms with Crippen LogP contribution in [0.3, 0.4) is 0 Å². The lowest BCUT2D eigenvalue weighted by Gasteiger charge is -2.19. The van der Waals surface area contributed by atoms with Gasteiger partial charge in [0.1, 0.15) is 0 Å². The summed E-state index contributed by atoms with van der Waals surface area (Å²) in [5, 5.41) is 9.82. The molecule has 0 amide bonds. The largest absolute Gasteiger partial charge is 0.389 e. The Labute approximate surface area is 95.8 Å². The summed E-state index contributed by atoms with van der Waals surface area (Å²) in [6.45, 7) is 4.14. The fraction of sp³-hybridized carbons (Fsp3) is 0.583. The van der Waals surface area contributed by atoms with E-state index in [0.29, 0.717) is 6.54 Å². The number of aromatic nitrogens is 2. The van der Waals surface area contributed by atoms with Crippen molar-refractivity contribution in [1.29, 1.82) is 0 Å². The molecule has 1 heterocycles. The predicted molar refractivity (Wildman–Crippen MR) is 63.7 cm³/mol. The van der Waals surface area contributed by atoms with Gasteiger partial charge in [0.05, 0.1) is 30.4 Å². The van der Waals surface area contributed by atoms with Gasteiger partial charge in [0.25, 0.3) is 0 Å². The van der Waals surface area contributed by atoms with Crippen LogP contribution < -0.4 is 5.73 Å². The standard InChI is InChI=1S/C12H19N3O/c1-12(2,16)7-15-8-14-6-11(15)9-3-4-10(13)5-9/h3,6,8,10,16H,4-5,7,13H2,1-2H3. The minimum Gasteiger partial charge on any atom is -0.389 e. The van der Waals surface area contributed by atoms with Crippen LogP contribution in [0, 0.1) is 0 Å². The van der Waals surface area contributed by atoms with Crippen LogP contribution in [0.2, 0.25) is 0 Å². The number of rotatable bonds is 3. The van der Waals surface area contributed by atoms with Crippen molar-refractivity contribution in [2.75, 3.05) is 0 Å². The van der Waals surface area contributed by atoms with Gasteiger partial charge in [-0.15, -0.1) is 0 Å². The molecular formula is C12H19N3O. The van der Waals surface area contributed by atoms with E-state index in [0.717, 1.165) is 18.5 Å². The lowest BCUT2D eigenvalue weighted by molar-refractivity contribution is 0.0612. The molecule has 1 unspecified atom stereocenters. The van der Waals surface area contributed by atoms with E-state index in [9.17, 15) is 5.11 Å². The molecule has 1 aromatic heterocycles. The van der Waals surface area contributed by atoms with Crippen molar-refractivity contribution < 1.29 is 5.11 Å². The molecule has 0 fully saturated rings. The van der Waals surface area contributed by atoms with Gasteiger partial charge >= 0.3 is 0 Å². The maximum absolute atomic E-state index is 9.82. The molecule has 1 aromatic rings. The van der Waals surface area contributed by atoms with E-state index < -0.39 is 5.60 Å². The van der Waals surface area contributed by atoms with Crippen molar-refractivity contribution in [2.45, 2.75) is 44.9 Å². The molecule has 1 aliphatic carbocycles. The van der Waals surface area contributed by atoms with Crippen LogP contribution in [0.25, 0.3) is 5.57 Å². The Hall–Kier alpha value is -1.13. The SMILES string of the molecule is CC(C)(O)Cn1cncc1C1=CCC(N)C1. The van der Waals surface area contributed by atoms with Crippen LogP contribution in [0.15, 0.2) is 18.6 Å². The first kappa shape index (κ1) is 11.4. The van der Waals surface area contributed by atoms with E-state index in [1.165, 1.54) is 5.57 Å². The van der Waals surface area contributed by atoms with E-state index >= 15 is 0 Å². The number of nitrogens with zero attached hydrogens (tertiary/aromatic N) is 2. The van der Waals surface area contributed by atoms with E-state index in [2.05, 4.69) is 11.1 Å². The Morgan fingerprint density at radius 2 is 2.38 bits per heavy atom. The summed E-state index contributed by atoms with van der Waals surface area (Å²) >= 11 is 0. The molecule has 2 rings (SSSR count). The Balaban J connectivity index is 2.20. The molecule has 3 N–H and O–H groups in total. The minimum absolute atomic E-state index is 0.237. The second-order valence-corrected chi connectivity index (χ2v) is 5.15. The highest BCUT2D eigenvalue weighted by atomic mass is 16.3. The van der Waals surface area contributed by atoms with Gasteiger partial charge in [0.15, 0.2) is 0 Å². The van der Waals surface area contributed by atoms with Gasteiger partial charge in [-0.25, -0.2) is 4.98 Å². The van der Waals surface area contributed by atoms with Crippen LogP contribution in [-0.4, -0.2) is 26.3 Å². The molecule has 4 nitrogen and oxygen atoms in total. The molecule has 0 radical (unpaired) electrons. The first-order valence-electron chi connectivity index (χ1n) is 5.63. The minimum atomic E-state index is -0.725. The number of nitrogens with two attached hydrogens (primary N) is 1. The van der Waals surface area contributed by atoms with Gasteiger partial charge in [-0.05, 0) is 32.3 Å². The number of hydrogen-bond donors (Lipinski definition) is 2. The fourth-order valence-corrected chi connectivity index (χ4v) is 2.08. The Bertz CT molecular complexity index is 401. The van der Waals surface area contributed by atoms with Gasteiger partial charge in [0, 0.05) is 6.04 Å².